The molecule has 1 amide bonds. The van der Waals surface area contributed by atoms with E-state index in [1.165, 1.54) is 12.1 Å². The van der Waals surface area contributed by atoms with Gasteiger partial charge in [0.05, 0.1) is 10.7 Å². The van der Waals surface area contributed by atoms with E-state index < -0.39 is 6.04 Å². The number of fused-ring (bicyclic) bond motifs is 1. The average molecular weight is 356 g/mol. The summed E-state index contributed by atoms with van der Waals surface area (Å²) < 4.78 is 14.2. The summed E-state index contributed by atoms with van der Waals surface area (Å²) in [6.07, 6.45) is 0. The van der Waals surface area contributed by atoms with Crippen LogP contribution >= 0.6 is 27.5 Å². The molecule has 1 heterocycles. The molecule has 2 aromatic carbocycles. The Morgan fingerprint density at radius 3 is 2.80 bits per heavy atom. The van der Waals surface area contributed by atoms with Crippen molar-refractivity contribution in [2.24, 2.45) is 0 Å². The summed E-state index contributed by atoms with van der Waals surface area (Å²) >= 11 is 9.43. The molecule has 1 aliphatic heterocycles. The lowest BCUT2D eigenvalue weighted by molar-refractivity contribution is -0.116. The van der Waals surface area contributed by atoms with Crippen molar-refractivity contribution >= 4 is 44.8 Å². The van der Waals surface area contributed by atoms with Crippen molar-refractivity contribution < 1.29 is 9.18 Å². The molecule has 0 saturated heterocycles. The Bertz CT molecular complexity index is 708. The van der Waals surface area contributed by atoms with E-state index in [4.69, 9.17) is 11.6 Å². The lowest BCUT2D eigenvalue weighted by atomic mass is 10.1. The minimum Gasteiger partial charge on any atom is -0.369 e. The van der Waals surface area contributed by atoms with E-state index >= 15 is 0 Å². The lowest BCUT2D eigenvalue weighted by Crippen LogP contribution is -2.19. The molecular formula is C14H9BrClFN2O. The molecule has 0 saturated carbocycles. The van der Waals surface area contributed by atoms with Gasteiger partial charge in [-0.1, -0.05) is 27.5 Å². The Labute approximate surface area is 128 Å². The highest BCUT2D eigenvalue weighted by Crippen LogP contribution is 2.36. The van der Waals surface area contributed by atoms with Gasteiger partial charge in [0.25, 0.3) is 5.91 Å². The zero-order valence-electron chi connectivity index (χ0n) is 10.1. The van der Waals surface area contributed by atoms with Gasteiger partial charge in [0.2, 0.25) is 0 Å². The van der Waals surface area contributed by atoms with E-state index in [0.717, 1.165) is 4.47 Å². The fourth-order valence-corrected chi connectivity index (χ4v) is 2.87. The fourth-order valence-electron chi connectivity index (χ4n) is 2.14. The quantitative estimate of drug-likeness (QED) is 0.841. The van der Waals surface area contributed by atoms with Crippen molar-refractivity contribution in [1.82, 2.24) is 0 Å². The first kappa shape index (κ1) is 13.4. The molecule has 0 spiro atoms. The molecule has 0 radical (unpaired) electrons. The van der Waals surface area contributed by atoms with Gasteiger partial charge in [0.1, 0.15) is 11.9 Å². The molecule has 102 valence electrons. The number of halogens is 3. The molecule has 2 N–H and O–H groups in total. The highest BCUT2D eigenvalue weighted by Gasteiger charge is 2.31. The van der Waals surface area contributed by atoms with Crippen LogP contribution in [0.4, 0.5) is 15.8 Å². The average Bonchev–Trinajstić information content (AvgIpc) is 2.69. The second kappa shape index (κ2) is 5.07. The molecule has 0 fully saturated rings. The lowest BCUT2D eigenvalue weighted by Gasteiger charge is -2.14. The Morgan fingerprint density at radius 1 is 1.25 bits per heavy atom. The van der Waals surface area contributed by atoms with Gasteiger partial charge >= 0.3 is 0 Å². The number of hydrogen-bond acceptors (Lipinski definition) is 2. The van der Waals surface area contributed by atoms with Gasteiger partial charge in [0.15, 0.2) is 0 Å². The standard InChI is InChI=1S/C14H9BrClFN2O/c15-7-1-3-12(10(16)5-7)18-13-9-6-8(17)2-4-11(9)19-14(13)20/h1-6,13,18H,(H,19,20). The molecule has 3 rings (SSSR count). The number of anilines is 2. The predicted octanol–water partition coefficient (Wildman–Crippen LogP) is 4.35. The Balaban J connectivity index is 1.95. The van der Waals surface area contributed by atoms with E-state index in [-0.39, 0.29) is 11.7 Å². The van der Waals surface area contributed by atoms with Crippen LogP contribution in [0.2, 0.25) is 5.02 Å². The van der Waals surface area contributed by atoms with Gasteiger partial charge in [-0.15, -0.1) is 0 Å². The second-order valence-electron chi connectivity index (χ2n) is 4.42. The molecule has 1 aliphatic rings. The molecule has 0 aliphatic carbocycles. The zero-order chi connectivity index (χ0) is 14.3. The largest absolute Gasteiger partial charge is 0.369 e. The third kappa shape index (κ3) is 2.39. The molecule has 1 unspecified atom stereocenters. The summed E-state index contributed by atoms with van der Waals surface area (Å²) in [7, 11) is 0. The molecule has 3 nitrogen and oxygen atoms in total. The van der Waals surface area contributed by atoms with Crippen LogP contribution in [0.1, 0.15) is 11.6 Å². The third-order valence-corrected chi connectivity index (χ3v) is 3.88. The number of rotatable bonds is 2. The summed E-state index contributed by atoms with van der Waals surface area (Å²) in [6, 6.07) is 8.85. The number of nitrogens with one attached hydrogen (secondary N) is 2. The van der Waals surface area contributed by atoms with Crippen molar-refractivity contribution in [2.75, 3.05) is 10.6 Å². The van der Waals surface area contributed by atoms with E-state index in [0.29, 0.717) is 22.0 Å². The third-order valence-electron chi connectivity index (χ3n) is 3.08. The smallest absolute Gasteiger partial charge is 0.251 e. The summed E-state index contributed by atoms with van der Waals surface area (Å²) in [5.41, 5.74) is 1.81. The highest BCUT2D eigenvalue weighted by atomic mass is 79.9. The predicted molar refractivity (Wildman–Crippen MR) is 80.5 cm³/mol. The molecular weight excluding hydrogens is 347 g/mol. The molecule has 1 atom stereocenters. The van der Waals surface area contributed by atoms with Crippen molar-refractivity contribution in [3.8, 4) is 0 Å². The van der Waals surface area contributed by atoms with Crippen LogP contribution in [0, 0.1) is 5.82 Å². The molecule has 6 heteroatoms. The molecule has 20 heavy (non-hydrogen) atoms. The van der Waals surface area contributed by atoms with Crippen LogP contribution in [0.5, 0.6) is 0 Å². The maximum absolute atomic E-state index is 13.3. The maximum atomic E-state index is 13.3. The minimum absolute atomic E-state index is 0.232. The first-order chi connectivity index (χ1) is 9.54. The van der Waals surface area contributed by atoms with Gasteiger partial charge in [-0.3, -0.25) is 4.79 Å². The van der Waals surface area contributed by atoms with Crippen LogP contribution in [0.3, 0.4) is 0 Å². The number of amides is 1. The Morgan fingerprint density at radius 2 is 2.05 bits per heavy atom. The van der Waals surface area contributed by atoms with Crippen molar-refractivity contribution in [3.63, 3.8) is 0 Å². The summed E-state index contributed by atoms with van der Waals surface area (Å²) in [5.74, 6) is -0.612. The molecule has 2 aromatic rings. The topological polar surface area (TPSA) is 41.1 Å². The van der Waals surface area contributed by atoms with Crippen LogP contribution in [-0.4, -0.2) is 5.91 Å². The minimum atomic E-state index is -0.653. The van der Waals surface area contributed by atoms with Crippen molar-refractivity contribution in [3.05, 3.63) is 57.3 Å². The van der Waals surface area contributed by atoms with Gasteiger partial charge in [0, 0.05) is 15.7 Å². The van der Waals surface area contributed by atoms with Crippen LogP contribution in [-0.2, 0) is 4.79 Å². The van der Waals surface area contributed by atoms with Gasteiger partial charge in [-0.2, -0.15) is 0 Å². The number of carbonyl (C=O) groups excluding carboxylic acids is 1. The van der Waals surface area contributed by atoms with Crippen molar-refractivity contribution in [2.45, 2.75) is 6.04 Å². The monoisotopic (exact) mass is 354 g/mol. The van der Waals surface area contributed by atoms with Gasteiger partial charge < -0.3 is 10.6 Å². The van der Waals surface area contributed by atoms with Crippen molar-refractivity contribution in [1.29, 1.82) is 0 Å². The maximum Gasteiger partial charge on any atom is 0.251 e. The summed E-state index contributed by atoms with van der Waals surface area (Å²) in [5, 5.41) is 6.23. The number of carbonyl (C=O) groups is 1. The molecule has 0 bridgehead atoms. The van der Waals surface area contributed by atoms with E-state index in [1.54, 1.807) is 18.2 Å². The van der Waals surface area contributed by atoms with Gasteiger partial charge in [-0.05, 0) is 36.4 Å². The van der Waals surface area contributed by atoms with E-state index in [1.807, 2.05) is 6.07 Å². The first-order valence-electron chi connectivity index (χ1n) is 5.86. The normalized spacial score (nSPS) is 16.8. The highest BCUT2D eigenvalue weighted by molar-refractivity contribution is 9.10. The van der Waals surface area contributed by atoms with Gasteiger partial charge in [-0.25, -0.2) is 4.39 Å². The van der Waals surface area contributed by atoms with Crippen LogP contribution in [0.25, 0.3) is 0 Å². The first-order valence-corrected chi connectivity index (χ1v) is 7.03. The number of benzene rings is 2. The van der Waals surface area contributed by atoms with Crippen LogP contribution in [0.15, 0.2) is 40.9 Å². The zero-order valence-corrected chi connectivity index (χ0v) is 12.4. The Kier molecular flexibility index (Phi) is 3.40. The molecule has 0 aromatic heterocycles. The second-order valence-corrected chi connectivity index (χ2v) is 5.75. The SMILES string of the molecule is O=C1Nc2ccc(F)cc2C1Nc1ccc(Br)cc1Cl. The number of hydrogen-bond donors (Lipinski definition) is 2. The van der Waals surface area contributed by atoms with E-state index in [9.17, 15) is 9.18 Å². The van der Waals surface area contributed by atoms with Crippen LogP contribution < -0.4 is 10.6 Å². The summed E-state index contributed by atoms with van der Waals surface area (Å²) in [6.45, 7) is 0. The summed E-state index contributed by atoms with van der Waals surface area (Å²) in [4.78, 5) is 12.0. The van der Waals surface area contributed by atoms with E-state index in [2.05, 4.69) is 26.6 Å². The fraction of sp³-hybridized carbons (Fsp3) is 0.0714. The Hall–Kier alpha value is -1.59.